The number of oxazole rings is 2. The molecule has 6 N–H and O–H groups in total. The molecule has 18 nitrogen and oxygen atoms in total. The van der Waals surface area contributed by atoms with Crippen LogP contribution in [0.1, 0.15) is 57.3 Å². The third-order valence-corrected chi connectivity index (χ3v) is 12.7. The van der Waals surface area contributed by atoms with Crippen LogP contribution in [-0.2, 0) is 49.1 Å². The summed E-state index contributed by atoms with van der Waals surface area (Å²) in [6, 6.07) is 20.1. The first-order valence-electron chi connectivity index (χ1n) is 22.7. The SMILES string of the molecule is Cc1c(COc2cc(OCc3ccnc4ncoc34)c(CNC(CCO)C(=O)O)cc2Cl)cccc1-c1cccc(COc2cc(OCc3ccnc4ncoc34)c(CNC(CCO)C(=O)O)cc2Cl)c1C. The van der Waals surface area contributed by atoms with Gasteiger partial charge in [0.25, 0.3) is 0 Å². The second-order valence-corrected chi connectivity index (χ2v) is 17.4. The molecular formula is C52H50Cl2N6O12. The maximum absolute atomic E-state index is 11.9. The predicted octanol–water partition coefficient (Wildman–Crippen LogP) is 8.52. The summed E-state index contributed by atoms with van der Waals surface area (Å²) in [6.07, 6.45) is 5.83. The van der Waals surface area contributed by atoms with Crippen LogP contribution in [-0.4, -0.2) is 77.6 Å². The average Bonchev–Trinajstić information content (AvgIpc) is 4.07. The molecule has 0 spiro atoms. The lowest BCUT2D eigenvalue weighted by molar-refractivity contribution is -0.140. The van der Waals surface area contributed by atoms with Crippen LogP contribution in [0.15, 0.2) is 107 Å². The smallest absolute Gasteiger partial charge is 0.320 e. The number of benzene rings is 4. The van der Waals surface area contributed by atoms with Gasteiger partial charge in [-0.3, -0.25) is 9.59 Å². The van der Waals surface area contributed by atoms with Crippen LogP contribution < -0.4 is 29.6 Å². The number of aliphatic hydroxyl groups is 2. The Morgan fingerprint density at radius 2 is 0.958 bits per heavy atom. The van der Waals surface area contributed by atoms with Gasteiger partial charge < -0.3 is 58.8 Å². The summed E-state index contributed by atoms with van der Waals surface area (Å²) in [6.45, 7) is 4.00. The number of fused-ring (bicyclic) bond motifs is 2. The van der Waals surface area contributed by atoms with E-state index in [1.54, 1.807) is 48.8 Å². The molecule has 0 aliphatic heterocycles. The van der Waals surface area contributed by atoms with Crippen molar-refractivity contribution < 1.29 is 57.8 Å². The van der Waals surface area contributed by atoms with Gasteiger partial charge in [0.1, 0.15) is 61.5 Å². The number of carbonyl (C=O) groups is 2. The Balaban J connectivity index is 0.999. The minimum absolute atomic E-state index is 0.00722. The highest BCUT2D eigenvalue weighted by molar-refractivity contribution is 6.32. The van der Waals surface area contributed by atoms with Crippen LogP contribution in [0.3, 0.4) is 0 Å². The lowest BCUT2D eigenvalue weighted by atomic mass is 9.92. The van der Waals surface area contributed by atoms with E-state index in [1.807, 2.05) is 50.2 Å². The summed E-state index contributed by atoms with van der Waals surface area (Å²) >= 11 is 13.7. The Kier molecular flexibility index (Phi) is 16.8. The molecule has 4 aromatic heterocycles. The number of hydrogen-bond donors (Lipinski definition) is 6. The Morgan fingerprint density at radius 1 is 0.556 bits per heavy atom. The van der Waals surface area contributed by atoms with Crippen molar-refractivity contribution in [3.8, 4) is 34.1 Å². The quantitative estimate of drug-likeness (QED) is 0.0314. The highest BCUT2D eigenvalue weighted by Crippen LogP contribution is 2.38. The Bertz CT molecular complexity index is 2990. The minimum Gasteiger partial charge on any atom is -0.488 e. The van der Waals surface area contributed by atoms with Gasteiger partial charge in [0.05, 0.1) is 10.0 Å². The van der Waals surface area contributed by atoms with Crippen molar-refractivity contribution in [1.29, 1.82) is 0 Å². The number of aliphatic carboxylic acids is 2. The van der Waals surface area contributed by atoms with Gasteiger partial charge in [-0.15, -0.1) is 0 Å². The zero-order valence-electron chi connectivity index (χ0n) is 39.1. The average molecular weight is 1020 g/mol. The molecule has 8 rings (SSSR count). The fourth-order valence-electron chi connectivity index (χ4n) is 8.03. The van der Waals surface area contributed by atoms with Crippen molar-refractivity contribution in [3.63, 3.8) is 0 Å². The Hall–Kier alpha value is -7.32. The fourth-order valence-corrected chi connectivity index (χ4v) is 8.51. The zero-order valence-corrected chi connectivity index (χ0v) is 40.6. The highest BCUT2D eigenvalue weighted by Gasteiger charge is 2.22. The topological polar surface area (TPSA) is 254 Å². The first-order chi connectivity index (χ1) is 34.9. The summed E-state index contributed by atoms with van der Waals surface area (Å²) in [5.41, 5.74) is 10.0. The molecule has 0 aliphatic rings. The molecule has 0 saturated heterocycles. The summed E-state index contributed by atoms with van der Waals surface area (Å²) in [5.74, 6) is -0.745. The first-order valence-corrected chi connectivity index (χ1v) is 23.5. The van der Waals surface area contributed by atoms with Crippen molar-refractivity contribution in [2.75, 3.05) is 13.2 Å². The summed E-state index contributed by atoms with van der Waals surface area (Å²) < 4.78 is 36.5. The van der Waals surface area contributed by atoms with Gasteiger partial charge >= 0.3 is 11.9 Å². The van der Waals surface area contributed by atoms with Crippen LogP contribution in [0.5, 0.6) is 23.0 Å². The van der Waals surface area contributed by atoms with Gasteiger partial charge in [-0.2, -0.15) is 9.97 Å². The van der Waals surface area contributed by atoms with E-state index < -0.39 is 24.0 Å². The molecule has 4 heterocycles. The number of carboxylic acids is 2. The molecule has 2 unspecified atom stereocenters. The van der Waals surface area contributed by atoms with Crippen molar-refractivity contribution in [3.05, 3.63) is 153 Å². The lowest BCUT2D eigenvalue weighted by Gasteiger charge is -2.20. The molecule has 4 aromatic carbocycles. The second-order valence-electron chi connectivity index (χ2n) is 16.6. The van der Waals surface area contributed by atoms with Gasteiger partial charge in [0, 0.05) is 73.1 Å². The van der Waals surface area contributed by atoms with Crippen LogP contribution in [0.2, 0.25) is 10.0 Å². The van der Waals surface area contributed by atoms with E-state index in [0.717, 1.165) is 33.4 Å². The van der Waals surface area contributed by atoms with E-state index in [-0.39, 0.29) is 75.6 Å². The molecule has 20 heteroatoms. The van der Waals surface area contributed by atoms with Crippen molar-refractivity contribution in [2.24, 2.45) is 0 Å². The fraction of sp³-hybridized carbons (Fsp3) is 0.269. The standard InChI is InChI=1S/C52H50Cl2N6O12/c1-29-31(23-69-45-19-43(67-25-33-9-13-55-49-47(33)71-27-59-49)35(17-39(45)53)21-57-41(11-15-61)51(63)64)5-3-7-37(29)38-8-4-6-32(30(38)2)24-70-46-20-44(68-26-34-10-14-56-50-48(34)72-28-60-50)36(18-40(46)54)22-58-42(12-16-62)52(65)66/h3-10,13-14,17-20,27-28,41-42,57-58,61-62H,11-12,15-16,21-26H2,1-2H3,(H,63,64)(H,65,66). The van der Waals surface area contributed by atoms with Crippen molar-refractivity contribution >= 4 is 57.6 Å². The van der Waals surface area contributed by atoms with Crippen LogP contribution in [0.4, 0.5) is 0 Å². The number of ether oxygens (including phenoxy) is 4. The second kappa shape index (κ2) is 23.7. The lowest BCUT2D eigenvalue weighted by Crippen LogP contribution is -2.37. The van der Waals surface area contributed by atoms with E-state index in [1.165, 1.54) is 12.8 Å². The normalized spacial score (nSPS) is 12.2. The molecule has 0 fully saturated rings. The van der Waals surface area contributed by atoms with Gasteiger partial charge in [0.15, 0.2) is 35.2 Å². The summed E-state index contributed by atoms with van der Waals surface area (Å²) in [7, 11) is 0. The van der Waals surface area contributed by atoms with Crippen molar-refractivity contribution in [2.45, 2.75) is 78.3 Å². The van der Waals surface area contributed by atoms with E-state index in [0.29, 0.717) is 67.7 Å². The van der Waals surface area contributed by atoms with E-state index in [4.69, 9.17) is 51.0 Å². The number of pyridine rings is 2. The monoisotopic (exact) mass is 1020 g/mol. The van der Waals surface area contributed by atoms with Gasteiger partial charge in [-0.25, -0.2) is 9.97 Å². The summed E-state index contributed by atoms with van der Waals surface area (Å²) in [4.78, 5) is 40.4. The van der Waals surface area contributed by atoms with Crippen LogP contribution in [0, 0.1) is 13.8 Å². The summed E-state index contributed by atoms with van der Waals surface area (Å²) in [5, 5.41) is 44.8. The number of nitrogens with zero attached hydrogens (tertiary/aromatic N) is 4. The Morgan fingerprint density at radius 3 is 1.36 bits per heavy atom. The number of rotatable bonds is 25. The zero-order chi connectivity index (χ0) is 50.7. The number of halogens is 2. The van der Waals surface area contributed by atoms with Gasteiger partial charge in [-0.05, 0) is 84.3 Å². The van der Waals surface area contributed by atoms with E-state index in [2.05, 4.69) is 30.6 Å². The molecule has 72 heavy (non-hydrogen) atoms. The van der Waals surface area contributed by atoms with E-state index >= 15 is 0 Å². The maximum atomic E-state index is 11.9. The minimum atomic E-state index is -1.10. The molecule has 8 aromatic rings. The highest BCUT2D eigenvalue weighted by atomic mass is 35.5. The van der Waals surface area contributed by atoms with Gasteiger partial charge in [-0.1, -0.05) is 59.6 Å². The molecule has 2 atom stereocenters. The van der Waals surface area contributed by atoms with Crippen molar-refractivity contribution in [1.82, 2.24) is 30.6 Å². The Labute approximate surface area is 422 Å². The molecule has 0 amide bonds. The number of carboxylic acid groups (broad SMARTS) is 2. The third kappa shape index (κ3) is 12.0. The van der Waals surface area contributed by atoms with Gasteiger partial charge in [0.2, 0.25) is 0 Å². The van der Waals surface area contributed by atoms with Crippen LogP contribution in [0.25, 0.3) is 33.6 Å². The number of aliphatic hydroxyl groups excluding tert-OH is 2. The van der Waals surface area contributed by atoms with Crippen LogP contribution >= 0.6 is 23.2 Å². The molecular weight excluding hydrogens is 972 g/mol. The number of hydrogen-bond acceptors (Lipinski definition) is 16. The third-order valence-electron chi connectivity index (χ3n) is 12.1. The molecule has 0 bridgehead atoms. The maximum Gasteiger partial charge on any atom is 0.320 e. The largest absolute Gasteiger partial charge is 0.488 e. The first kappa shape index (κ1) is 51.0. The number of aromatic nitrogens is 4. The molecule has 0 saturated carbocycles. The predicted molar refractivity (Wildman–Crippen MR) is 265 cm³/mol. The number of nitrogens with one attached hydrogen (secondary N) is 2. The molecule has 0 radical (unpaired) electrons. The molecule has 374 valence electrons. The molecule has 0 aliphatic carbocycles. The van der Waals surface area contributed by atoms with E-state index in [9.17, 15) is 30.0 Å².